The summed E-state index contributed by atoms with van der Waals surface area (Å²) < 4.78 is 25.5. The zero-order valence-electron chi connectivity index (χ0n) is 13.9. The van der Waals surface area contributed by atoms with Gasteiger partial charge in [-0.3, -0.25) is 19.6 Å². The van der Waals surface area contributed by atoms with E-state index in [4.69, 9.17) is 5.21 Å². The number of nitrogens with one attached hydrogen (secondary N) is 2. The average Bonchev–Trinajstić information content (AvgIpc) is 2.86. The number of rotatable bonds is 5. The fourth-order valence-corrected chi connectivity index (χ4v) is 4.25. The van der Waals surface area contributed by atoms with Crippen LogP contribution in [0.15, 0.2) is 53.4 Å². The van der Waals surface area contributed by atoms with Gasteiger partial charge in [-0.25, -0.2) is 18.2 Å². The van der Waals surface area contributed by atoms with Crippen LogP contribution in [0.1, 0.15) is 27.1 Å². The summed E-state index contributed by atoms with van der Waals surface area (Å²) in [5.74, 6) is -1.94. The normalized spacial score (nSPS) is 14.6. The van der Waals surface area contributed by atoms with Crippen molar-refractivity contribution in [1.82, 2.24) is 9.79 Å². The Hall–Kier alpha value is -3.24. The van der Waals surface area contributed by atoms with Crippen molar-refractivity contribution in [2.75, 3.05) is 11.9 Å². The van der Waals surface area contributed by atoms with Gasteiger partial charge in [0.2, 0.25) is 5.91 Å². The lowest BCUT2D eigenvalue weighted by atomic mass is 10.2. The van der Waals surface area contributed by atoms with Crippen molar-refractivity contribution in [3.05, 3.63) is 59.7 Å². The molecule has 1 aliphatic rings. The van der Waals surface area contributed by atoms with Crippen LogP contribution in [-0.4, -0.2) is 42.2 Å². The van der Waals surface area contributed by atoms with Crippen LogP contribution in [-0.2, 0) is 14.8 Å². The van der Waals surface area contributed by atoms with Gasteiger partial charge in [-0.05, 0) is 30.3 Å². The van der Waals surface area contributed by atoms with Crippen LogP contribution in [0.3, 0.4) is 0 Å². The van der Waals surface area contributed by atoms with E-state index in [1.807, 2.05) is 0 Å². The van der Waals surface area contributed by atoms with Crippen molar-refractivity contribution < 1.29 is 28.0 Å². The Kier molecular flexibility index (Phi) is 4.93. The number of carbonyl (C=O) groups excluding carboxylic acids is 3. The van der Waals surface area contributed by atoms with Crippen molar-refractivity contribution in [3.63, 3.8) is 0 Å². The van der Waals surface area contributed by atoms with Crippen LogP contribution >= 0.6 is 0 Å². The second-order valence-corrected chi connectivity index (χ2v) is 7.53. The predicted octanol–water partition coefficient (Wildman–Crippen LogP) is 0.979. The molecule has 3 rings (SSSR count). The van der Waals surface area contributed by atoms with E-state index in [1.165, 1.54) is 47.9 Å². The van der Waals surface area contributed by atoms with Crippen LogP contribution in [0, 0.1) is 0 Å². The molecule has 140 valence electrons. The fourth-order valence-electron chi connectivity index (χ4n) is 2.68. The number of fused-ring (bicyclic) bond motifs is 1. The molecule has 2 aromatic carbocycles. The summed E-state index contributed by atoms with van der Waals surface area (Å²) in [6, 6.07) is 11.7. The zero-order chi connectivity index (χ0) is 19.6. The Labute approximate surface area is 154 Å². The van der Waals surface area contributed by atoms with Gasteiger partial charge in [-0.2, -0.15) is 0 Å². The minimum absolute atomic E-state index is 0.0712. The highest BCUT2D eigenvalue weighted by Crippen LogP contribution is 2.29. The highest BCUT2D eigenvalue weighted by atomic mass is 32.2. The van der Waals surface area contributed by atoms with Gasteiger partial charge in [0.1, 0.15) is 4.90 Å². The summed E-state index contributed by atoms with van der Waals surface area (Å²) in [5, 5.41) is 11.1. The minimum atomic E-state index is -3.96. The van der Waals surface area contributed by atoms with Gasteiger partial charge in [0, 0.05) is 24.2 Å². The summed E-state index contributed by atoms with van der Waals surface area (Å²) in [6.45, 7) is -0.307. The highest BCUT2D eigenvalue weighted by Gasteiger charge is 2.40. The molecule has 0 saturated carbocycles. The molecule has 1 heterocycles. The Morgan fingerprint density at radius 3 is 2.52 bits per heavy atom. The summed E-state index contributed by atoms with van der Waals surface area (Å²) in [7, 11) is -3.96. The Bertz CT molecular complexity index is 1030. The molecule has 0 aliphatic carbocycles. The van der Waals surface area contributed by atoms with Crippen LogP contribution < -0.4 is 10.8 Å². The Morgan fingerprint density at radius 1 is 1.07 bits per heavy atom. The van der Waals surface area contributed by atoms with E-state index in [-0.39, 0.29) is 29.0 Å². The SMILES string of the molecule is O=C(CCN1C(=O)c2ccccc2S1(=O)=O)Nc1cccc(C(=O)NO)c1. The van der Waals surface area contributed by atoms with E-state index in [0.717, 1.165) is 0 Å². The molecule has 0 atom stereocenters. The van der Waals surface area contributed by atoms with Gasteiger partial charge in [0.05, 0.1) is 5.56 Å². The summed E-state index contributed by atoms with van der Waals surface area (Å²) in [4.78, 5) is 35.7. The number of hydrogen-bond donors (Lipinski definition) is 3. The third kappa shape index (κ3) is 3.52. The number of nitrogens with zero attached hydrogens (tertiary/aromatic N) is 1. The highest BCUT2D eigenvalue weighted by molar-refractivity contribution is 7.90. The van der Waals surface area contributed by atoms with E-state index in [0.29, 0.717) is 9.99 Å². The summed E-state index contributed by atoms with van der Waals surface area (Å²) in [6.07, 6.45) is -0.255. The van der Waals surface area contributed by atoms with Gasteiger partial charge in [-0.15, -0.1) is 0 Å². The standard InChI is InChI=1S/C17H15N3O6S/c21-15(18-12-5-3-4-11(10-12)16(22)19-24)8-9-20-17(23)13-6-1-2-7-14(13)27(20,25)26/h1-7,10,24H,8-9H2,(H,18,21)(H,19,22). The van der Waals surface area contributed by atoms with Crippen molar-refractivity contribution in [2.24, 2.45) is 0 Å². The maximum Gasteiger partial charge on any atom is 0.274 e. The van der Waals surface area contributed by atoms with E-state index < -0.39 is 27.7 Å². The molecule has 0 unspecified atom stereocenters. The molecule has 2 aromatic rings. The van der Waals surface area contributed by atoms with E-state index >= 15 is 0 Å². The lowest BCUT2D eigenvalue weighted by Crippen LogP contribution is -2.33. The van der Waals surface area contributed by atoms with Crippen LogP contribution in [0.4, 0.5) is 5.69 Å². The molecular formula is C17H15N3O6S. The third-order valence-electron chi connectivity index (χ3n) is 3.96. The molecule has 0 saturated heterocycles. The van der Waals surface area contributed by atoms with Gasteiger partial charge in [0.15, 0.2) is 0 Å². The number of anilines is 1. The van der Waals surface area contributed by atoms with E-state index in [2.05, 4.69) is 5.32 Å². The lowest BCUT2D eigenvalue weighted by molar-refractivity contribution is -0.116. The lowest BCUT2D eigenvalue weighted by Gasteiger charge is -2.15. The van der Waals surface area contributed by atoms with Crippen molar-refractivity contribution in [2.45, 2.75) is 11.3 Å². The van der Waals surface area contributed by atoms with E-state index in [1.54, 1.807) is 6.07 Å². The van der Waals surface area contributed by atoms with Crippen molar-refractivity contribution in [3.8, 4) is 0 Å². The number of hydrogen-bond acceptors (Lipinski definition) is 6. The summed E-state index contributed by atoms with van der Waals surface area (Å²) in [5.41, 5.74) is 1.99. The van der Waals surface area contributed by atoms with Crippen molar-refractivity contribution >= 4 is 33.4 Å². The van der Waals surface area contributed by atoms with Crippen LogP contribution in [0.5, 0.6) is 0 Å². The number of sulfonamides is 1. The van der Waals surface area contributed by atoms with E-state index in [9.17, 15) is 22.8 Å². The molecule has 0 spiro atoms. The quantitative estimate of drug-likeness (QED) is 0.516. The molecule has 3 N–H and O–H groups in total. The largest absolute Gasteiger partial charge is 0.326 e. The molecule has 0 bridgehead atoms. The first kappa shape index (κ1) is 18.5. The molecule has 0 aromatic heterocycles. The topological polar surface area (TPSA) is 133 Å². The monoisotopic (exact) mass is 389 g/mol. The maximum atomic E-state index is 12.4. The first-order chi connectivity index (χ1) is 12.8. The fraction of sp³-hybridized carbons (Fsp3) is 0.118. The Morgan fingerprint density at radius 2 is 1.81 bits per heavy atom. The minimum Gasteiger partial charge on any atom is -0.326 e. The molecule has 9 nitrogen and oxygen atoms in total. The molecule has 27 heavy (non-hydrogen) atoms. The Balaban J connectivity index is 1.67. The number of benzene rings is 2. The molecule has 0 radical (unpaired) electrons. The molecule has 3 amide bonds. The third-order valence-corrected chi connectivity index (χ3v) is 5.80. The maximum absolute atomic E-state index is 12.4. The van der Waals surface area contributed by atoms with Crippen LogP contribution in [0.2, 0.25) is 0 Å². The molecule has 1 aliphatic heterocycles. The zero-order valence-corrected chi connectivity index (χ0v) is 14.7. The number of amides is 3. The molecule has 10 heteroatoms. The van der Waals surface area contributed by atoms with Crippen molar-refractivity contribution in [1.29, 1.82) is 0 Å². The average molecular weight is 389 g/mol. The van der Waals surface area contributed by atoms with Gasteiger partial charge in [-0.1, -0.05) is 18.2 Å². The summed E-state index contributed by atoms with van der Waals surface area (Å²) >= 11 is 0. The second-order valence-electron chi connectivity index (χ2n) is 5.70. The predicted molar refractivity (Wildman–Crippen MR) is 93.6 cm³/mol. The number of hydroxylamine groups is 1. The van der Waals surface area contributed by atoms with Gasteiger partial charge < -0.3 is 5.32 Å². The second kappa shape index (κ2) is 7.17. The first-order valence-corrected chi connectivity index (χ1v) is 9.29. The molecular weight excluding hydrogens is 374 g/mol. The first-order valence-electron chi connectivity index (χ1n) is 7.85. The number of carbonyl (C=O) groups is 3. The van der Waals surface area contributed by atoms with Gasteiger partial charge >= 0.3 is 0 Å². The smallest absolute Gasteiger partial charge is 0.274 e. The molecule has 0 fully saturated rings. The van der Waals surface area contributed by atoms with Gasteiger partial charge in [0.25, 0.3) is 21.8 Å². The van der Waals surface area contributed by atoms with Crippen LogP contribution in [0.25, 0.3) is 0 Å².